The molecule has 1 fully saturated rings. The third-order valence-corrected chi connectivity index (χ3v) is 6.39. The number of aromatic nitrogens is 4. The molecule has 1 N–H and O–H groups in total. The number of carbonyl (C=O) groups excluding carboxylic acids is 1. The number of anilines is 1. The van der Waals surface area contributed by atoms with Crippen LogP contribution in [0.1, 0.15) is 23.7 Å². The molecule has 0 bridgehead atoms. The van der Waals surface area contributed by atoms with Crippen LogP contribution in [-0.2, 0) is 0 Å². The summed E-state index contributed by atoms with van der Waals surface area (Å²) in [6.45, 7) is 3.77. The Balaban J connectivity index is 1.42. The van der Waals surface area contributed by atoms with E-state index < -0.39 is 0 Å². The first kappa shape index (κ1) is 21.2. The molecule has 1 atom stereocenters. The lowest BCUT2D eigenvalue weighted by Crippen LogP contribution is -2.40. The maximum Gasteiger partial charge on any atom is 0.261 e. The normalized spacial score (nSPS) is 16.7. The van der Waals surface area contributed by atoms with E-state index in [1.807, 2.05) is 53.3 Å². The van der Waals surface area contributed by atoms with Gasteiger partial charge in [-0.05, 0) is 43.7 Å². The Morgan fingerprint density at radius 1 is 1.09 bits per heavy atom. The average molecular weight is 463 g/mol. The number of aromatic amines is 1. The molecule has 5 rings (SSSR count). The van der Waals surface area contributed by atoms with Gasteiger partial charge in [-0.25, -0.2) is 9.67 Å². The maximum atomic E-state index is 13.6. The molecule has 0 radical (unpaired) electrons. The zero-order chi connectivity index (χ0) is 22.9. The lowest BCUT2D eigenvalue weighted by molar-refractivity contribution is 0.0705. The highest BCUT2D eigenvalue weighted by atomic mass is 35.5. The van der Waals surface area contributed by atoms with Crippen molar-refractivity contribution in [2.75, 3.05) is 24.5 Å². The Bertz CT molecular complexity index is 1370. The Morgan fingerprint density at radius 3 is 2.76 bits per heavy atom. The van der Waals surface area contributed by atoms with E-state index >= 15 is 0 Å². The second-order valence-corrected chi connectivity index (χ2v) is 8.52. The smallest absolute Gasteiger partial charge is 0.261 e. The molecule has 4 aromatic rings. The number of para-hydroxylation sites is 1. The number of halogens is 1. The number of hydrogen-bond donors (Lipinski definition) is 1. The largest absolute Gasteiger partial charge is 0.340 e. The summed E-state index contributed by atoms with van der Waals surface area (Å²) in [6, 6.07) is 14.6. The predicted molar refractivity (Wildman–Crippen MR) is 128 cm³/mol. The second-order valence-electron chi connectivity index (χ2n) is 8.11. The highest BCUT2D eigenvalue weighted by molar-refractivity contribution is 6.35. The monoisotopic (exact) mass is 462 g/mol. The second kappa shape index (κ2) is 8.71. The molecule has 3 heterocycles. The van der Waals surface area contributed by atoms with Gasteiger partial charge < -0.3 is 9.80 Å². The van der Waals surface area contributed by atoms with Gasteiger partial charge in [-0.3, -0.25) is 14.6 Å². The molecule has 1 amide bonds. The van der Waals surface area contributed by atoms with Gasteiger partial charge in [0.15, 0.2) is 0 Å². The van der Waals surface area contributed by atoms with Crippen LogP contribution in [0.5, 0.6) is 0 Å². The van der Waals surface area contributed by atoms with Crippen molar-refractivity contribution in [1.29, 1.82) is 0 Å². The molecule has 0 spiro atoms. The number of nitrogens with one attached hydrogen (secondary N) is 1. The quantitative estimate of drug-likeness (QED) is 0.503. The fraction of sp³-hybridized carbons (Fsp3) is 0.250. The van der Waals surface area contributed by atoms with E-state index in [1.54, 1.807) is 29.1 Å². The van der Waals surface area contributed by atoms with Crippen molar-refractivity contribution in [3.63, 3.8) is 0 Å². The molecule has 2 aromatic carbocycles. The van der Waals surface area contributed by atoms with Crippen molar-refractivity contribution in [2.24, 2.45) is 0 Å². The molecule has 1 aliphatic heterocycles. The molecule has 2 aromatic heterocycles. The number of rotatable bonds is 3. The van der Waals surface area contributed by atoms with Gasteiger partial charge in [0.25, 0.3) is 11.5 Å². The van der Waals surface area contributed by atoms with Crippen LogP contribution >= 0.6 is 11.6 Å². The molecule has 168 valence electrons. The fourth-order valence-electron chi connectivity index (χ4n) is 4.28. The summed E-state index contributed by atoms with van der Waals surface area (Å²) >= 11 is 6.18. The van der Waals surface area contributed by atoms with Crippen LogP contribution in [0.25, 0.3) is 16.6 Å². The number of fused-ring (bicyclic) bond motifs is 1. The van der Waals surface area contributed by atoms with Crippen LogP contribution in [0.15, 0.2) is 65.7 Å². The standard InChI is InChI=1S/C24H23ClN6O2/c1-16-10-13-29(24-27-19-8-4-7-18(25)21(19)22(32)28-24)14-15-30(16)23(33)17-6-2-3-9-20(17)31-12-5-11-26-31/h2-9,11-12,16H,10,13-15H2,1H3,(H,27,28,32). The summed E-state index contributed by atoms with van der Waals surface area (Å²) in [7, 11) is 0. The molecule has 1 saturated heterocycles. The van der Waals surface area contributed by atoms with Crippen LogP contribution in [0.3, 0.4) is 0 Å². The van der Waals surface area contributed by atoms with Crippen LogP contribution in [0, 0.1) is 0 Å². The highest BCUT2D eigenvalue weighted by Gasteiger charge is 2.28. The third kappa shape index (κ3) is 3.98. The van der Waals surface area contributed by atoms with Crippen molar-refractivity contribution < 1.29 is 4.79 Å². The number of nitrogens with zero attached hydrogens (tertiary/aromatic N) is 5. The van der Waals surface area contributed by atoms with E-state index in [4.69, 9.17) is 11.6 Å². The van der Waals surface area contributed by atoms with Gasteiger partial charge in [-0.2, -0.15) is 5.10 Å². The summed E-state index contributed by atoms with van der Waals surface area (Å²) in [6.07, 6.45) is 4.26. The fourth-order valence-corrected chi connectivity index (χ4v) is 4.53. The summed E-state index contributed by atoms with van der Waals surface area (Å²) in [4.78, 5) is 37.6. The lowest BCUT2D eigenvalue weighted by Gasteiger charge is -2.27. The molecule has 33 heavy (non-hydrogen) atoms. The highest BCUT2D eigenvalue weighted by Crippen LogP contribution is 2.23. The Labute approximate surface area is 195 Å². The third-order valence-electron chi connectivity index (χ3n) is 6.08. The van der Waals surface area contributed by atoms with E-state index in [2.05, 4.69) is 15.1 Å². The molecular weight excluding hydrogens is 440 g/mol. The molecule has 1 unspecified atom stereocenters. The topological polar surface area (TPSA) is 87.1 Å². The molecule has 0 saturated carbocycles. The Kier molecular flexibility index (Phi) is 5.60. The zero-order valence-electron chi connectivity index (χ0n) is 18.1. The van der Waals surface area contributed by atoms with Crippen molar-refractivity contribution in [3.8, 4) is 5.69 Å². The SMILES string of the molecule is CC1CCN(c2nc3cccc(Cl)c3c(=O)[nH]2)CCN1C(=O)c1ccccc1-n1cccn1. The van der Waals surface area contributed by atoms with Crippen molar-refractivity contribution in [3.05, 3.63) is 81.9 Å². The van der Waals surface area contributed by atoms with E-state index in [0.717, 1.165) is 12.1 Å². The van der Waals surface area contributed by atoms with E-state index in [1.165, 1.54) is 0 Å². The van der Waals surface area contributed by atoms with Crippen molar-refractivity contribution >= 4 is 34.4 Å². The van der Waals surface area contributed by atoms with Gasteiger partial charge in [-0.1, -0.05) is 29.8 Å². The van der Waals surface area contributed by atoms with Crippen LogP contribution in [-0.4, -0.2) is 56.2 Å². The minimum atomic E-state index is -0.265. The van der Waals surface area contributed by atoms with E-state index in [-0.39, 0.29) is 17.5 Å². The number of benzene rings is 2. The van der Waals surface area contributed by atoms with Crippen molar-refractivity contribution in [1.82, 2.24) is 24.6 Å². The summed E-state index contributed by atoms with van der Waals surface area (Å²) < 4.78 is 1.71. The summed E-state index contributed by atoms with van der Waals surface area (Å²) in [5.74, 6) is 0.454. The summed E-state index contributed by atoms with van der Waals surface area (Å²) in [5.41, 5.74) is 1.64. The molecular formula is C24H23ClN6O2. The maximum absolute atomic E-state index is 13.6. The van der Waals surface area contributed by atoms with Gasteiger partial charge in [0.1, 0.15) is 0 Å². The van der Waals surface area contributed by atoms with Crippen LogP contribution < -0.4 is 10.5 Å². The van der Waals surface area contributed by atoms with Gasteiger partial charge in [0.05, 0.1) is 27.2 Å². The van der Waals surface area contributed by atoms with Crippen molar-refractivity contribution in [2.45, 2.75) is 19.4 Å². The van der Waals surface area contributed by atoms with Crippen LogP contribution in [0.2, 0.25) is 5.02 Å². The molecule has 0 aliphatic carbocycles. The first-order valence-corrected chi connectivity index (χ1v) is 11.2. The van der Waals surface area contributed by atoms with Gasteiger partial charge in [0.2, 0.25) is 5.95 Å². The molecule has 8 nitrogen and oxygen atoms in total. The van der Waals surface area contributed by atoms with Gasteiger partial charge in [0, 0.05) is 38.1 Å². The molecule has 1 aliphatic rings. The molecule has 9 heteroatoms. The van der Waals surface area contributed by atoms with E-state index in [0.29, 0.717) is 47.1 Å². The van der Waals surface area contributed by atoms with Crippen LogP contribution in [0.4, 0.5) is 5.95 Å². The number of hydrogen-bond acceptors (Lipinski definition) is 5. The lowest BCUT2D eigenvalue weighted by atomic mass is 10.1. The summed E-state index contributed by atoms with van der Waals surface area (Å²) in [5, 5.41) is 5.06. The number of H-pyrrole nitrogens is 1. The minimum absolute atomic E-state index is 0.0230. The Morgan fingerprint density at radius 2 is 1.94 bits per heavy atom. The predicted octanol–water partition coefficient (Wildman–Crippen LogP) is 3.50. The minimum Gasteiger partial charge on any atom is -0.340 e. The first-order valence-electron chi connectivity index (χ1n) is 10.9. The van der Waals surface area contributed by atoms with Gasteiger partial charge >= 0.3 is 0 Å². The number of carbonyl (C=O) groups is 1. The number of amides is 1. The Hall–Kier alpha value is -3.65. The van der Waals surface area contributed by atoms with E-state index in [9.17, 15) is 9.59 Å². The average Bonchev–Trinajstić information content (AvgIpc) is 3.28. The first-order chi connectivity index (χ1) is 16.0. The zero-order valence-corrected chi connectivity index (χ0v) is 18.9. The van der Waals surface area contributed by atoms with Gasteiger partial charge in [-0.15, -0.1) is 0 Å².